The predicted molar refractivity (Wildman–Crippen MR) is 76.2 cm³/mol. The maximum atomic E-state index is 11.6. The average Bonchev–Trinajstić information content (AvgIpc) is 2.31. The fourth-order valence-corrected chi connectivity index (χ4v) is 3.15. The van der Waals surface area contributed by atoms with Gasteiger partial charge in [-0.05, 0) is 12.1 Å². The van der Waals surface area contributed by atoms with Gasteiger partial charge in [0.2, 0.25) is 0 Å². The lowest BCUT2D eigenvalue weighted by Crippen LogP contribution is -2.08. The molecule has 0 fully saturated rings. The minimum Gasteiger partial charge on any atom is -0.422 e. The first-order valence-electron chi connectivity index (χ1n) is 5.08. The van der Waals surface area contributed by atoms with Crippen LogP contribution in [-0.4, -0.2) is 14.7 Å². The molecule has 100 valence electrons. The molecule has 7 heteroatoms. The summed E-state index contributed by atoms with van der Waals surface area (Å²) in [6, 6.07) is 8.20. The van der Waals surface area contributed by atoms with Gasteiger partial charge in [-0.2, -0.15) is 0 Å². The van der Waals surface area contributed by atoms with Crippen molar-refractivity contribution in [1.82, 2.24) is 0 Å². The van der Waals surface area contributed by atoms with Crippen molar-refractivity contribution in [2.75, 3.05) is 6.26 Å². The van der Waals surface area contributed by atoms with E-state index in [1.54, 1.807) is 24.3 Å². The Hall–Kier alpha value is -1.11. The Kier molecular flexibility index (Phi) is 3.85. The minimum absolute atomic E-state index is 0.149. The molecule has 0 radical (unpaired) electrons. The van der Waals surface area contributed by atoms with Gasteiger partial charge in [-0.15, -0.1) is 0 Å². The lowest BCUT2D eigenvalue weighted by Gasteiger charge is -2.05. The van der Waals surface area contributed by atoms with E-state index in [4.69, 9.17) is 16.0 Å². The number of halogens is 2. The van der Waals surface area contributed by atoms with Crippen LogP contribution in [0, 0.1) is 0 Å². The smallest absolute Gasteiger partial charge is 0.356 e. The summed E-state index contributed by atoms with van der Waals surface area (Å²) in [5.41, 5.74) is -0.299. The van der Waals surface area contributed by atoms with Gasteiger partial charge in [0.05, 0.1) is 4.90 Å². The van der Waals surface area contributed by atoms with Crippen molar-refractivity contribution in [3.63, 3.8) is 0 Å². The normalized spacial score (nSPS) is 11.5. The van der Waals surface area contributed by atoms with Crippen LogP contribution in [0.1, 0.15) is 0 Å². The summed E-state index contributed by atoms with van der Waals surface area (Å²) in [5, 5.41) is -0.429. The van der Waals surface area contributed by atoms with Crippen LogP contribution in [0.3, 0.4) is 0 Å². The van der Waals surface area contributed by atoms with Gasteiger partial charge in [-0.3, -0.25) is 0 Å². The van der Waals surface area contributed by atoms with Crippen molar-refractivity contribution < 1.29 is 12.8 Å². The second-order valence-electron chi connectivity index (χ2n) is 3.86. The highest BCUT2D eigenvalue weighted by atomic mass is 79.9. The zero-order valence-corrected chi connectivity index (χ0v) is 12.8. The molecule has 19 heavy (non-hydrogen) atoms. The summed E-state index contributed by atoms with van der Waals surface area (Å²) < 4.78 is 29.0. The van der Waals surface area contributed by atoms with Gasteiger partial charge in [0.25, 0.3) is 0 Å². The Bertz CT molecular complexity index is 796. The SMILES string of the molecule is CS(=O)(=O)c1cc(-c2cccc(Br)c2)oc(=O)c1Cl. The largest absolute Gasteiger partial charge is 0.422 e. The summed E-state index contributed by atoms with van der Waals surface area (Å²) in [4.78, 5) is 11.4. The Morgan fingerprint density at radius 2 is 1.95 bits per heavy atom. The molecule has 0 bridgehead atoms. The molecule has 2 aromatic rings. The predicted octanol–water partition coefficient (Wildman–Crippen LogP) is 3.13. The van der Waals surface area contributed by atoms with Crippen LogP contribution in [0.25, 0.3) is 11.3 Å². The zero-order chi connectivity index (χ0) is 14.2. The third-order valence-electron chi connectivity index (χ3n) is 2.37. The van der Waals surface area contributed by atoms with Crippen LogP contribution >= 0.6 is 27.5 Å². The molecule has 0 unspecified atom stereocenters. The van der Waals surface area contributed by atoms with Crippen molar-refractivity contribution in [2.24, 2.45) is 0 Å². The molecule has 1 aromatic heterocycles. The Balaban J connectivity index is 2.74. The summed E-state index contributed by atoms with van der Waals surface area (Å²) >= 11 is 8.96. The Morgan fingerprint density at radius 3 is 2.53 bits per heavy atom. The van der Waals surface area contributed by atoms with Crippen molar-refractivity contribution >= 4 is 37.4 Å². The molecule has 0 aliphatic carbocycles. The maximum absolute atomic E-state index is 11.6. The van der Waals surface area contributed by atoms with Gasteiger partial charge >= 0.3 is 5.63 Å². The van der Waals surface area contributed by atoms with Crippen LogP contribution in [0.15, 0.2) is 48.9 Å². The summed E-state index contributed by atoms with van der Waals surface area (Å²) in [6.07, 6.45) is 0.984. The Labute approximate surface area is 123 Å². The molecule has 0 N–H and O–H groups in total. The number of hydrogen-bond acceptors (Lipinski definition) is 4. The van der Waals surface area contributed by atoms with Crippen LogP contribution in [0.4, 0.5) is 0 Å². The molecule has 2 rings (SSSR count). The molecule has 0 saturated heterocycles. The van der Waals surface area contributed by atoms with Crippen molar-refractivity contribution in [3.8, 4) is 11.3 Å². The standard InChI is InChI=1S/C12H8BrClO4S/c1-19(16,17)10-6-9(18-12(15)11(10)14)7-3-2-4-8(13)5-7/h2-6H,1H3. The van der Waals surface area contributed by atoms with Crippen LogP contribution in [0.2, 0.25) is 5.02 Å². The molecule has 0 saturated carbocycles. The van der Waals surface area contributed by atoms with E-state index < -0.39 is 20.5 Å². The van der Waals surface area contributed by atoms with Crippen molar-refractivity contribution in [2.45, 2.75) is 4.90 Å². The summed E-state index contributed by atoms with van der Waals surface area (Å²) in [6.45, 7) is 0. The van der Waals surface area contributed by atoms with E-state index in [1.165, 1.54) is 6.07 Å². The average molecular weight is 364 g/mol. The monoisotopic (exact) mass is 362 g/mol. The minimum atomic E-state index is -3.60. The van der Waals surface area contributed by atoms with Gasteiger partial charge in [-0.25, -0.2) is 13.2 Å². The highest BCUT2D eigenvalue weighted by molar-refractivity contribution is 9.10. The quantitative estimate of drug-likeness (QED) is 0.822. The molecule has 0 aliphatic rings. The molecule has 0 aliphatic heterocycles. The lowest BCUT2D eigenvalue weighted by atomic mass is 10.2. The van der Waals surface area contributed by atoms with Crippen LogP contribution in [-0.2, 0) is 9.84 Å². The molecule has 0 amide bonds. The van der Waals surface area contributed by atoms with Crippen molar-refractivity contribution in [1.29, 1.82) is 0 Å². The first kappa shape index (κ1) is 14.3. The fourth-order valence-electron chi connectivity index (χ4n) is 1.51. The van der Waals surface area contributed by atoms with E-state index in [-0.39, 0.29) is 10.7 Å². The molecule has 1 aromatic carbocycles. The van der Waals surface area contributed by atoms with Gasteiger partial charge < -0.3 is 4.42 Å². The van der Waals surface area contributed by atoms with Gasteiger partial charge in [0.15, 0.2) is 9.84 Å². The third-order valence-corrected chi connectivity index (χ3v) is 4.45. The first-order chi connectivity index (χ1) is 8.79. The number of sulfone groups is 1. The van der Waals surface area contributed by atoms with E-state index in [9.17, 15) is 13.2 Å². The van der Waals surface area contributed by atoms with E-state index in [0.29, 0.717) is 5.56 Å². The molecular weight excluding hydrogens is 356 g/mol. The van der Waals surface area contributed by atoms with Crippen LogP contribution < -0.4 is 5.63 Å². The van der Waals surface area contributed by atoms with Crippen molar-refractivity contribution in [3.05, 3.63) is 50.2 Å². The third kappa shape index (κ3) is 3.08. The number of benzene rings is 1. The lowest BCUT2D eigenvalue weighted by molar-refractivity contribution is 0.519. The Morgan fingerprint density at radius 1 is 1.26 bits per heavy atom. The molecule has 0 atom stereocenters. The number of hydrogen-bond donors (Lipinski definition) is 0. The highest BCUT2D eigenvalue weighted by Gasteiger charge is 2.18. The molecule has 1 heterocycles. The van der Waals surface area contributed by atoms with E-state index >= 15 is 0 Å². The topological polar surface area (TPSA) is 64.3 Å². The first-order valence-corrected chi connectivity index (χ1v) is 8.15. The molecule has 4 nitrogen and oxygen atoms in total. The molecule has 0 spiro atoms. The second kappa shape index (κ2) is 5.11. The maximum Gasteiger partial charge on any atom is 0.356 e. The van der Waals surface area contributed by atoms with Crippen LogP contribution in [0.5, 0.6) is 0 Å². The van der Waals surface area contributed by atoms with E-state index in [2.05, 4.69) is 15.9 Å². The molecular formula is C12H8BrClO4S. The zero-order valence-electron chi connectivity index (χ0n) is 9.68. The fraction of sp³-hybridized carbons (Fsp3) is 0.0833. The second-order valence-corrected chi connectivity index (χ2v) is 7.14. The summed E-state index contributed by atoms with van der Waals surface area (Å²) in [5.74, 6) is 0.149. The highest BCUT2D eigenvalue weighted by Crippen LogP contribution is 2.27. The van der Waals surface area contributed by atoms with Gasteiger partial charge in [0, 0.05) is 22.4 Å². The van der Waals surface area contributed by atoms with E-state index in [0.717, 1.165) is 10.7 Å². The van der Waals surface area contributed by atoms with Gasteiger partial charge in [-0.1, -0.05) is 39.7 Å². The summed E-state index contributed by atoms with van der Waals surface area (Å²) in [7, 11) is -3.60. The van der Waals surface area contributed by atoms with Gasteiger partial charge in [0.1, 0.15) is 10.8 Å². The number of rotatable bonds is 2. The van der Waals surface area contributed by atoms with E-state index in [1.807, 2.05) is 0 Å².